The van der Waals surface area contributed by atoms with Crippen molar-refractivity contribution in [2.45, 2.75) is 51.9 Å². The van der Waals surface area contributed by atoms with Gasteiger partial charge in [0.25, 0.3) is 0 Å². The van der Waals surface area contributed by atoms with E-state index in [4.69, 9.17) is 5.11 Å². The average Bonchev–Trinajstić information content (AvgIpc) is 2.21. The largest absolute Gasteiger partial charge is 0.396 e. The summed E-state index contributed by atoms with van der Waals surface area (Å²) in [6, 6.07) is 0. The van der Waals surface area contributed by atoms with Gasteiger partial charge in [-0.15, -0.1) is 0 Å². The molecule has 0 aliphatic carbocycles. The van der Waals surface area contributed by atoms with Crippen LogP contribution >= 0.6 is 0 Å². The van der Waals surface area contributed by atoms with E-state index in [0.29, 0.717) is 0 Å². The fourth-order valence-electron chi connectivity index (χ4n) is 1.29. The van der Waals surface area contributed by atoms with Crippen LogP contribution in [-0.4, -0.2) is 11.7 Å². The highest BCUT2D eigenvalue weighted by atomic mass is 16.2. The maximum absolute atomic E-state index is 8.51. The highest BCUT2D eigenvalue weighted by Crippen LogP contribution is 2.05. The van der Waals surface area contributed by atoms with E-state index in [9.17, 15) is 0 Å². The van der Waals surface area contributed by atoms with Gasteiger partial charge in [-0.3, -0.25) is 0 Å². The summed E-state index contributed by atoms with van der Waals surface area (Å²) in [5, 5.41) is 8.51. The second kappa shape index (κ2) is 12.4. The molecule has 14 heavy (non-hydrogen) atoms. The third kappa shape index (κ3) is 11.4. The Morgan fingerprint density at radius 1 is 0.857 bits per heavy atom. The SMILES string of the molecule is CCCCCCC/C=C/C=C/CCO. The first kappa shape index (κ1) is 13.4. The van der Waals surface area contributed by atoms with Crippen LogP contribution in [0, 0.1) is 0 Å². The van der Waals surface area contributed by atoms with Crippen LogP contribution in [0.2, 0.25) is 0 Å². The quantitative estimate of drug-likeness (QED) is 0.439. The van der Waals surface area contributed by atoms with E-state index >= 15 is 0 Å². The van der Waals surface area contributed by atoms with Gasteiger partial charge in [0.15, 0.2) is 0 Å². The number of rotatable bonds is 9. The van der Waals surface area contributed by atoms with E-state index in [1.165, 1.54) is 38.5 Å². The molecule has 0 heterocycles. The van der Waals surface area contributed by atoms with Crippen LogP contribution in [0.3, 0.4) is 0 Å². The predicted octanol–water partition coefficient (Wildman–Crippen LogP) is 3.84. The fraction of sp³-hybridized carbons (Fsp3) is 0.692. The van der Waals surface area contributed by atoms with Crippen LogP contribution in [0.15, 0.2) is 24.3 Å². The van der Waals surface area contributed by atoms with Crippen LogP contribution in [0.1, 0.15) is 51.9 Å². The van der Waals surface area contributed by atoms with Crippen LogP contribution in [-0.2, 0) is 0 Å². The van der Waals surface area contributed by atoms with Gasteiger partial charge in [0.1, 0.15) is 0 Å². The first-order chi connectivity index (χ1) is 6.91. The lowest BCUT2D eigenvalue weighted by Crippen LogP contribution is -1.76. The van der Waals surface area contributed by atoms with E-state index in [1.54, 1.807) is 0 Å². The van der Waals surface area contributed by atoms with Crippen molar-refractivity contribution in [1.82, 2.24) is 0 Å². The maximum atomic E-state index is 8.51. The van der Waals surface area contributed by atoms with Gasteiger partial charge in [0.2, 0.25) is 0 Å². The summed E-state index contributed by atoms with van der Waals surface area (Å²) < 4.78 is 0. The van der Waals surface area contributed by atoms with Crippen molar-refractivity contribution < 1.29 is 5.11 Å². The molecule has 0 unspecified atom stereocenters. The second-order valence-electron chi connectivity index (χ2n) is 3.57. The highest BCUT2D eigenvalue weighted by molar-refractivity contribution is 5.02. The zero-order valence-electron chi connectivity index (χ0n) is 9.41. The molecule has 0 bridgehead atoms. The average molecular weight is 196 g/mol. The maximum Gasteiger partial charge on any atom is 0.0465 e. The van der Waals surface area contributed by atoms with Crippen LogP contribution in [0.25, 0.3) is 0 Å². The number of aliphatic hydroxyl groups is 1. The van der Waals surface area contributed by atoms with E-state index in [2.05, 4.69) is 19.1 Å². The Balaban J connectivity index is 3.10. The van der Waals surface area contributed by atoms with Crippen molar-refractivity contribution in [3.63, 3.8) is 0 Å². The Morgan fingerprint density at radius 2 is 1.50 bits per heavy atom. The molecule has 0 saturated carbocycles. The molecule has 0 saturated heterocycles. The monoisotopic (exact) mass is 196 g/mol. The van der Waals surface area contributed by atoms with Crippen molar-refractivity contribution in [2.75, 3.05) is 6.61 Å². The molecule has 0 atom stereocenters. The zero-order valence-corrected chi connectivity index (χ0v) is 9.41. The molecule has 1 nitrogen and oxygen atoms in total. The number of hydrogen-bond acceptors (Lipinski definition) is 1. The molecular formula is C13H24O. The Labute approximate surface area is 88.5 Å². The molecule has 0 aromatic heterocycles. The van der Waals surface area contributed by atoms with Gasteiger partial charge in [-0.25, -0.2) is 0 Å². The van der Waals surface area contributed by atoms with Crippen LogP contribution < -0.4 is 0 Å². The summed E-state index contributed by atoms with van der Waals surface area (Å²) in [5.74, 6) is 0. The van der Waals surface area contributed by atoms with Crippen LogP contribution in [0.4, 0.5) is 0 Å². The fourth-order valence-corrected chi connectivity index (χ4v) is 1.29. The van der Waals surface area contributed by atoms with Gasteiger partial charge in [-0.1, -0.05) is 56.9 Å². The molecule has 0 aromatic rings. The lowest BCUT2D eigenvalue weighted by atomic mass is 10.1. The molecule has 0 aliphatic rings. The summed E-state index contributed by atoms with van der Waals surface area (Å²) in [6.07, 6.45) is 17.0. The summed E-state index contributed by atoms with van der Waals surface area (Å²) in [5.41, 5.74) is 0. The van der Waals surface area contributed by atoms with Gasteiger partial charge >= 0.3 is 0 Å². The van der Waals surface area contributed by atoms with Crippen molar-refractivity contribution in [2.24, 2.45) is 0 Å². The summed E-state index contributed by atoms with van der Waals surface area (Å²) in [6.45, 7) is 2.49. The highest BCUT2D eigenvalue weighted by Gasteiger charge is 1.85. The predicted molar refractivity (Wildman–Crippen MR) is 63.4 cm³/mol. The smallest absolute Gasteiger partial charge is 0.0465 e. The molecule has 1 N–H and O–H groups in total. The van der Waals surface area contributed by atoms with Gasteiger partial charge < -0.3 is 5.11 Å². The molecule has 0 radical (unpaired) electrons. The first-order valence-corrected chi connectivity index (χ1v) is 5.84. The standard InChI is InChI=1S/C13H24O/c1-2-3-4-5-6-7-8-9-10-11-12-13-14/h8-11,14H,2-7,12-13H2,1H3/b9-8+,11-10+. The molecule has 82 valence electrons. The zero-order chi connectivity index (χ0) is 10.5. The van der Waals surface area contributed by atoms with E-state index in [1.807, 2.05) is 12.2 Å². The number of unbranched alkanes of at least 4 members (excludes halogenated alkanes) is 5. The minimum atomic E-state index is 0.251. The van der Waals surface area contributed by atoms with Crippen molar-refractivity contribution >= 4 is 0 Å². The molecule has 0 rings (SSSR count). The molecule has 0 fully saturated rings. The van der Waals surface area contributed by atoms with Crippen molar-refractivity contribution in [3.8, 4) is 0 Å². The minimum Gasteiger partial charge on any atom is -0.396 e. The normalized spacial score (nSPS) is 11.9. The summed E-state index contributed by atoms with van der Waals surface area (Å²) in [7, 11) is 0. The van der Waals surface area contributed by atoms with Gasteiger partial charge in [-0.05, 0) is 19.3 Å². The molecule has 1 heteroatoms. The van der Waals surface area contributed by atoms with Crippen molar-refractivity contribution in [1.29, 1.82) is 0 Å². The Bertz CT molecular complexity index is 147. The number of allylic oxidation sites excluding steroid dienone is 3. The van der Waals surface area contributed by atoms with E-state index < -0.39 is 0 Å². The Morgan fingerprint density at radius 3 is 2.14 bits per heavy atom. The molecule has 0 amide bonds. The second-order valence-corrected chi connectivity index (χ2v) is 3.57. The topological polar surface area (TPSA) is 20.2 Å². The molecular weight excluding hydrogens is 172 g/mol. The number of hydrogen-bond donors (Lipinski definition) is 1. The van der Waals surface area contributed by atoms with E-state index in [0.717, 1.165) is 6.42 Å². The third-order valence-electron chi connectivity index (χ3n) is 2.15. The van der Waals surface area contributed by atoms with Gasteiger partial charge in [0, 0.05) is 6.61 Å². The van der Waals surface area contributed by atoms with Crippen molar-refractivity contribution in [3.05, 3.63) is 24.3 Å². The lowest BCUT2D eigenvalue weighted by Gasteiger charge is -1.95. The minimum absolute atomic E-state index is 0.251. The van der Waals surface area contributed by atoms with Crippen LogP contribution in [0.5, 0.6) is 0 Å². The molecule has 0 aliphatic heterocycles. The van der Waals surface area contributed by atoms with Gasteiger partial charge in [0.05, 0.1) is 0 Å². The third-order valence-corrected chi connectivity index (χ3v) is 2.15. The van der Waals surface area contributed by atoms with E-state index in [-0.39, 0.29) is 6.61 Å². The van der Waals surface area contributed by atoms with Gasteiger partial charge in [-0.2, -0.15) is 0 Å². The molecule has 0 aromatic carbocycles. The number of aliphatic hydroxyl groups excluding tert-OH is 1. The summed E-state index contributed by atoms with van der Waals surface area (Å²) >= 11 is 0. The Hall–Kier alpha value is -0.560. The lowest BCUT2D eigenvalue weighted by molar-refractivity contribution is 0.302. The first-order valence-electron chi connectivity index (χ1n) is 5.84. The summed E-state index contributed by atoms with van der Waals surface area (Å²) in [4.78, 5) is 0. The molecule has 0 spiro atoms. The Kier molecular flexibility index (Phi) is 11.9.